The van der Waals surface area contributed by atoms with Gasteiger partial charge in [0, 0.05) is 26.2 Å². The molecule has 2 rings (SSSR count). The molecule has 0 fully saturated rings. The van der Waals surface area contributed by atoms with Gasteiger partial charge in [-0.3, -0.25) is 14.5 Å². The monoisotopic (exact) mass is 302 g/mol. The van der Waals surface area contributed by atoms with Crippen LogP contribution < -0.4 is 5.32 Å². The summed E-state index contributed by atoms with van der Waals surface area (Å²) in [4.78, 5) is 26.8. The molecule has 0 radical (unpaired) electrons. The molecule has 0 saturated heterocycles. The molecule has 2 heterocycles. The van der Waals surface area contributed by atoms with E-state index in [0.717, 1.165) is 11.4 Å². The second-order valence-corrected chi connectivity index (χ2v) is 4.68. The summed E-state index contributed by atoms with van der Waals surface area (Å²) < 4.78 is 6.24. The number of aromatic nitrogens is 3. The molecule has 116 valence electrons. The van der Waals surface area contributed by atoms with E-state index in [9.17, 15) is 9.59 Å². The highest BCUT2D eigenvalue weighted by Gasteiger charge is 2.13. The number of carbonyl (C=O) groups is 2. The normalized spacial score (nSPS) is 10.3. The largest absolute Gasteiger partial charge is 0.453 e. The molecule has 2 aromatic heterocycles. The third-order valence-electron chi connectivity index (χ3n) is 3.07. The minimum absolute atomic E-state index is 0.0939. The molecule has 7 heteroatoms. The Morgan fingerprint density at radius 1 is 1.36 bits per heavy atom. The topological polar surface area (TPSA) is 86.1 Å². The van der Waals surface area contributed by atoms with Crippen LogP contribution in [0.1, 0.15) is 23.8 Å². The van der Waals surface area contributed by atoms with Gasteiger partial charge in [0.05, 0.1) is 18.5 Å². The first-order valence-electron chi connectivity index (χ1n) is 6.94. The molecule has 0 aliphatic carbocycles. The SMILES string of the molecule is COC(=O)NCCCn1nc(C(C)=O)cc1-c1ccccn1. The van der Waals surface area contributed by atoms with Crippen molar-refractivity contribution in [3.05, 3.63) is 36.2 Å². The number of pyridine rings is 1. The van der Waals surface area contributed by atoms with Crippen LogP contribution in [-0.4, -0.2) is 40.3 Å². The fourth-order valence-electron chi connectivity index (χ4n) is 1.97. The van der Waals surface area contributed by atoms with Gasteiger partial charge in [-0.05, 0) is 24.6 Å². The number of carbonyl (C=O) groups excluding carboxylic acids is 2. The zero-order chi connectivity index (χ0) is 15.9. The molecule has 0 unspecified atom stereocenters. The summed E-state index contributed by atoms with van der Waals surface area (Å²) in [5.74, 6) is -0.0939. The maximum absolute atomic E-state index is 11.5. The minimum atomic E-state index is -0.463. The smallest absolute Gasteiger partial charge is 0.406 e. The Balaban J connectivity index is 2.12. The number of Topliss-reactive ketones (excluding diaryl/α,β-unsaturated/α-hetero) is 1. The zero-order valence-electron chi connectivity index (χ0n) is 12.6. The van der Waals surface area contributed by atoms with E-state index in [0.29, 0.717) is 25.2 Å². The average Bonchev–Trinajstić information content (AvgIpc) is 2.96. The molecule has 7 nitrogen and oxygen atoms in total. The Morgan fingerprint density at radius 2 is 2.18 bits per heavy atom. The van der Waals surface area contributed by atoms with Crippen LogP contribution in [-0.2, 0) is 11.3 Å². The van der Waals surface area contributed by atoms with Crippen molar-refractivity contribution in [3.8, 4) is 11.4 Å². The van der Waals surface area contributed by atoms with Crippen molar-refractivity contribution in [3.63, 3.8) is 0 Å². The van der Waals surface area contributed by atoms with E-state index in [2.05, 4.69) is 20.1 Å². The number of amides is 1. The first-order valence-corrected chi connectivity index (χ1v) is 6.94. The number of ether oxygens (including phenoxy) is 1. The lowest BCUT2D eigenvalue weighted by molar-refractivity contribution is 0.101. The summed E-state index contributed by atoms with van der Waals surface area (Å²) in [5, 5.41) is 6.91. The maximum Gasteiger partial charge on any atom is 0.406 e. The molecule has 2 aromatic rings. The number of hydrogen-bond acceptors (Lipinski definition) is 5. The Hall–Kier alpha value is -2.70. The number of nitrogens with zero attached hydrogens (tertiary/aromatic N) is 3. The van der Waals surface area contributed by atoms with Gasteiger partial charge in [-0.1, -0.05) is 6.07 Å². The molecular formula is C15H18N4O3. The second kappa shape index (κ2) is 7.35. The molecule has 1 amide bonds. The first-order chi connectivity index (χ1) is 10.6. The molecule has 0 atom stereocenters. The van der Waals surface area contributed by atoms with Crippen molar-refractivity contribution in [1.82, 2.24) is 20.1 Å². The van der Waals surface area contributed by atoms with Gasteiger partial charge >= 0.3 is 6.09 Å². The lowest BCUT2D eigenvalue weighted by atomic mass is 10.2. The van der Waals surface area contributed by atoms with Gasteiger partial charge in [-0.25, -0.2) is 4.79 Å². The highest BCUT2D eigenvalue weighted by Crippen LogP contribution is 2.18. The van der Waals surface area contributed by atoms with Gasteiger partial charge in [-0.2, -0.15) is 5.10 Å². The van der Waals surface area contributed by atoms with Crippen LogP contribution in [0.25, 0.3) is 11.4 Å². The highest BCUT2D eigenvalue weighted by molar-refractivity contribution is 5.93. The highest BCUT2D eigenvalue weighted by atomic mass is 16.5. The fraction of sp³-hybridized carbons (Fsp3) is 0.333. The lowest BCUT2D eigenvalue weighted by Gasteiger charge is -2.07. The maximum atomic E-state index is 11.5. The number of nitrogens with one attached hydrogen (secondary N) is 1. The van der Waals surface area contributed by atoms with Crippen molar-refractivity contribution in [2.75, 3.05) is 13.7 Å². The van der Waals surface area contributed by atoms with Crippen molar-refractivity contribution in [2.45, 2.75) is 19.9 Å². The predicted molar refractivity (Wildman–Crippen MR) is 80.5 cm³/mol. The third-order valence-corrected chi connectivity index (χ3v) is 3.07. The molecule has 0 saturated carbocycles. The molecule has 0 aliphatic heterocycles. The van der Waals surface area contributed by atoms with Crippen LogP contribution in [0.4, 0.5) is 4.79 Å². The molecule has 0 aliphatic rings. The van der Waals surface area contributed by atoms with E-state index in [1.54, 1.807) is 16.9 Å². The van der Waals surface area contributed by atoms with E-state index in [1.807, 2.05) is 18.2 Å². The lowest BCUT2D eigenvalue weighted by Crippen LogP contribution is -2.25. The average molecular weight is 302 g/mol. The predicted octanol–water partition coefficient (Wildman–Crippen LogP) is 1.89. The van der Waals surface area contributed by atoms with Crippen molar-refractivity contribution in [2.24, 2.45) is 0 Å². The zero-order valence-corrected chi connectivity index (χ0v) is 12.6. The summed E-state index contributed by atoms with van der Waals surface area (Å²) in [5.41, 5.74) is 1.94. The Labute approximate surface area is 128 Å². The van der Waals surface area contributed by atoms with Gasteiger partial charge in [0.1, 0.15) is 5.69 Å². The number of ketones is 1. The molecule has 0 spiro atoms. The van der Waals surface area contributed by atoms with E-state index >= 15 is 0 Å². The van der Waals surface area contributed by atoms with Crippen LogP contribution in [0.3, 0.4) is 0 Å². The third kappa shape index (κ3) is 3.91. The standard InChI is InChI=1S/C15H18N4O3/c1-11(20)13-10-14(12-6-3-4-7-16-12)19(18-13)9-5-8-17-15(21)22-2/h3-4,6-7,10H,5,8-9H2,1-2H3,(H,17,21). The molecular weight excluding hydrogens is 284 g/mol. The molecule has 0 bridgehead atoms. The number of rotatable bonds is 6. The summed E-state index contributed by atoms with van der Waals surface area (Å²) in [6.45, 7) is 2.50. The van der Waals surface area contributed by atoms with Crippen LogP contribution in [0.5, 0.6) is 0 Å². The Morgan fingerprint density at radius 3 is 2.82 bits per heavy atom. The van der Waals surface area contributed by atoms with E-state index in [4.69, 9.17) is 0 Å². The summed E-state index contributed by atoms with van der Waals surface area (Å²) in [7, 11) is 1.32. The number of methoxy groups -OCH3 is 1. The van der Waals surface area contributed by atoms with Gasteiger partial charge in [-0.15, -0.1) is 0 Å². The van der Waals surface area contributed by atoms with Gasteiger partial charge < -0.3 is 10.1 Å². The first kappa shape index (κ1) is 15.7. The van der Waals surface area contributed by atoms with Gasteiger partial charge in [0.2, 0.25) is 0 Å². The van der Waals surface area contributed by atoms with Crippen LogP contribution in [0.15, 0.2) is 30.5 Å². The molecule has 1 N–H and O–H groups in total. The van der Waals surface area contributed by atoms with E-state index < -0.39 is 6.09 Å². The van der Waals surface area contributed by atoms with Crippen molar-refractivity contribution >= 4 is 11.9 Å². The molecule has 0 aromatic carbocycles. The second-order valence-electron chi connectivity index (χ2n) is 4.68. The minimum Gasteiger partial charge on any atom is -0.453 e. The quantitative estimate of drug-likeness (QED) is 0.650. The Kier molecular flexibility index (Phi) is 5.24. The van der Waals surface area contributed by atoms with Crippen LogP contribution in [0.2, 0.25) is 0 Å². The fourth-order valence-corrected chi connectivity index (χ4v) is 1.97. The van der Waals surface area contributed by atoms with E-state index in [-0.39, 0.29) is 5.78 Å². The van der Waals surface area contributed by atoms with Gasteiger partial charge in [0.25, 0.3) is 0 Å². The van der Waals surface area contributed by atoms with E-state index in [1.165, 1.54) is 14.0 Å². The van der Waals surface area contributed by atoms with Crippen molar-refractivity contribution in [1.29, 1.82) is 0 Å². The summed E-state index contributed by atoms with van der Waals surface area (Å²) in [6.07, 6.45) is 1.89. The van der Waals surface area contributed by atoms with Crippen LogP contribution >= 0.6 is 0 Å². The molecule has 22 heavy (non-hydrogen) atoms. The van der Waals surface area contributed by atoms with Crippen molar-refractivity contribution < 1.29 is 14.3 Å². The number of alkyl carbamates (subject to hydrolysis) is 1. The summed E-state index contributed by atoms with van der Waals surface area (Å²) in [6, 6.07) is 7.31. The number of aryl methyl sites for hydroxylation is 1. The number of hydrogen-bond donors (Lipinski definition) is 1. The Bertz CT molecular complexity index is 652. The van der Waals surface area contributed by atoms with Gasteiger partial charge in [0.15, 0.2) is 5.78 Å². The van der Waals surface area contributed by atoms with Crippen LogP contribution in [0, 0.1) is 0 Å². The summed E-state index contributed by atoms with van der Waals surface area (Å²) >= 11 is 0.